The van der Waals surface area contributed by atoms with Crippen molar-refractivity contribution >= 4 is 6.09 Å². The second kappa shape index (κ2) is 8.57. The quantitative estimate of drug-likeness (QED) is 0.801. The summed E-state index contributed by atoms with van der Waals surface area (Å²) < 4.78 is 24.5. The smallest absolute Gasteiger partial charge is 0.410 e. The van der Waals surface area contributed by atoms with Crippen LogP contribution in [0.15, 0.2) is 24.3 Å². The summed E-state index contributed by atoms with van der Waals surface area (Å²) in [6.45, 7) is 10.7. The van der Waals surface area contributed by atoms with Crippen molar-refractivity contribution in [1.29, 1.82) is 0 Å². The van der Waals surface area contributed by atoms with Crippen molar-refractivity contribution in [3.63, 3.8) is 0 Å². The van der Waals surface area contributed by atoms with E-state index in [1.54, 1.807) is 0 Å². The molecule has 1 amide bonds. The summed E-state index contributed by atoms with van der Waals surface area (Å²) >= 11 is 0. The Morgan fingerprint density at radius 2 is 1.85 bits per heavy atom. The van der Waals surface area contributed by atoms with Crippen LogP contribution < -0.4 is 0 Å². The molecule has 1 aromatic carbocycles. The number of hydrogen-bond acceptors (Lipinski definition) is 4. The first kappa shape index (κ1) is 20.1. The highest BCUT2D eigenvalue weighted by atomic mass is 19.1. The molecule has 0 unspecified atom stereocenters. The molecule has 150 valence electrons. The van der Waals surface area contributed by atoms with Gasteiger partial charge in [0.05, 0.1) is 12.7 Å². The van der Waals surface area contributed by atoms with Crippen LogP contribution in [0.2, 0.25) is 0 Å². The maximum atomic E-state index is 13.1. The van der Waals surface area contributed by atoms with Crippen LogP contribution in [0.25, 0.3) is 0 Å². The fourth-order valence-corrected chi connectivity index (χ4v) is 3.74. The summed E-state index contributed by atoms with van der Waals surface area (Å²) in [5.41, 5.74) is 0.581. The van der Waals surface area contributed by atoms with Gasteiger partial charge in [-0.05, 0) is 57.2 Å². The molecule has 0 saturated carbocycles. The Balaban J connectivity index is 1.46. The molecule has 2 fully saturated rings. The Morgan fingerprint density at radius 3 is 2.48 bits per heavy atom. The highest BCUT2D eigenvalue weighted by Crippen LogP contribution is 2.26. The highest BCUT2D eigenvalue weighted by Gasteiger charge is 2.29. The number of hydrogen-bond donors (Lipinski definition) is 0. The van der Waals surface area contributed by atoms with Gasteiger partial charge < -0.3 is 14.4 Å². The van der Waals surface area contributed by atoms with Crippen LogP contribution in [0.5, 0.6) is 0 Å². The maximum Gasteiger partial charge on any atom is 0.410 e. The fraction of sp³-hybridized carbons (Fsp3) is 0.667. The summed E-state index contributed by atoms with van der Waals surface area (Å²) in [5, 5.41) is 0. The van der Waals surface area contributed by atoms with E-state index in [-0.39, 0.29) is 18.0 Å². The zero-order valence-electron chi connectivity index (χ0n) is 16.6. The lowest BCUT2D eigenvalue weighted by atomic mass is 9.96. The van der Waals surface area contributed by atoms with Gasteiger partial charge in [0.15, 0.2) is 0 Å². The van der Waals surface area contributed by atoms with Crippen LogP contribution in [0.4, 0.5) is 9.18 Å². The van der Waals surface area contributed by atoms with E-state index in [4.69, 9.17) is 9.47 Å². The summed E-state index contributed by atoms with van der Waals surface area (Å²) in [6, 6.07) is 6.60. The predicted molar refractivity (Wildman–Crippen MR) is 102 cm³/mol. The molecule has 0 aliphatic carbocycles. The van der Waals surface area contributed by atoms with Crippen LogP contribution in [-0.2, 0) is 9.47 Å². The average molecular weight is 378 g/mol. The van der Waals surface area contributed by atoms with Crippen LogP contribution >= 0.6 is 0 Å². The first-order valence-electron chi connectivity index (χ1n) is 9.87. The topological polar surface area (TPSA) is 42.0 Å². The van der Waals surface area contributed by atoms with Crippen molar-refractivity contribution in [2.75, 3.05) is 39.3 Å². The number of carbonyl (C=O) groups excluding carboxylic acids is 1. The molecule has 0 aromatic heterocycles. The third-order valence-electron chi connectivity index (χ3n) is 5.17. The number of piperidine rings is 1. The minimum Gasteiger partial charge on any atom is -0.444 e. The van der Waals surface area contributed by atoms with Gasteiger partial charge in [-0.1, -0.05) is 12.1 Å². The van der Waals surface area contributed by atoms with Crippen LogP contribution in [0.3, 0.4) is 0 Å². The molecular weight excluding hydrogens is 347 g/mol. The summed E-state index contributed by atoms with van der Waals surface area (Å²) in [5.74, 6) is 0.360. The third kappa shape index (κ3) is 5.91. The minimum atomic E-state index is -0.447. The lowest BCUT2D eigenvalue weighted by molar-refractivity contribution is -0.0377. The van der Waals surface area contributed by atoms with Gasteiger partial charge in [-0.15, -0.1) is 0 Å². The monoisotopic (exact) mass is 378 g/mol. The van der Waals surface area contributed by atoms with Crippen molar-refractivity contribution < 1.29 is 18.7 Å². The number of rotatable bonds is 3. The molecular formula is C21H31FN2O3. The van der Waals surface area contributed by atoms with E-state index in [0.29, 0.717) is 12.5 Å². The molecule has 0 N–H and O–H groups in total. The average Bonchev–Trinajstić information content (AvgIpc) is 2.62. The Hall–Kier alpha value is -1.66. The number of nitrogens with zero attached hydrogens (tertiary/aromatic N) is 2. The van der Waals surface area contributed by atoms with Crippen LogP contribution in [0.1, 0.15) is 45.3 Å². The van der Waals surface area contributed by atoms with E-state index in [0.717, 1.165) is 51.1 Å². The number of morpholine rings is 1. The zero-order valence-corrected chi connectivity index (χ0v) is 16.6. The molecule has 2 saturated heterocycles. The maximum absolute atomic E-state index is 13.1. The Bertz CT molecular complexity index is 621. The molecule has 5 nitrogen and oxygen atoms in total. The first-order valence-corrected chi connectivity index (χ1v) is 9.87. The standard InChI is InChI=1S/C21H31FN2O3/c1-21(2,3)27-20(25)24-10-8-16(9-11-24)14-23-12-13-26-19(15-23)17-4-6-18(22)7-5-17/h4-7,16,19H,8-15H2,1-3H3/t19-/m0/s1. The molecule has 1 atom stereocenters. The van der Waals surface area contributed by atoms with Gasteiger partial charge in [-0.25, -0.2) is 9.18 Å². The largest absolute Gasteiger partial charge is 0.444 e. The Labute approximate surface area is 161 Å². The summed E-state index contributed by atoms with van der Waals surface area (Å²) in [4.78, 5) is 16.4. The molecule has 1 aromatic rings. The number of amides is 1. The lowest BCUT2D eigenvalue weighted by Gasteiger charge is -2.38. The SMILES string of the molecule is CC(C)(C)OC(=O)N1CCC(CN2CCO[C@H](c3ccc(F)cc3)C2)CC1. The number of carbonyl (C=O) groups is 1. The van der Waals surface area contributed by atoms with Crippen molar-refractivity contribution in [1.82, 2.24) is 9.80 Å². The van der Waals surface area contributed by atoms with Crippen molar-refractivity contribution in [3.8, 4) is 0 Å². The van der Waals surface area contributed by atoms with Gasteiger partial charge in [0, 0.05) is 32.7 Å². The van der Waals surface area contributed by atoms with Crippen molar-refractivity contribution in [3.05, 3.63) is 35.6 Å². The van der Waals surface area contributed by atoms with E-state index in [2.05, 4.69) is 4.90 Å². The summed E-state index contributed by atoms with van der Waals surface area (Å²) in [6.07, 6.45) is 1.79. The Morgan fingerprint density at radius 1 is 1.19 bits per heavy atom. The van der Waals surface area contributed by atoms with Crippen LogP contribution in [-0.4, -0.2) is 60.8 Å². The lowest BCUT2D eigenvalue weighted by Crippen LogP contribution is -2.46. The molecule has 0 spiro atoms. The van der Waals surface area contributed by atoms with Crippen LogP contribution in [0, 0.1) is 11.7 Å². The summed E-state index contributed by atoms with van der Waals surface area (Å²) in [7, 11) is 0. The number of halogens is 1. The fourth-order valence-electron chi connectivity index (χ4n) is 3.74. The van der Waals surface area contributed by atoms with Gasteiger partial charge in [0.25, 0.3) is 0 Å². The molecule has 2 aliphatic heterocycles. The van der Waals surface area contributed by atoms with E-state index in [1.807, 2.05) is 37.8 Å². The van der Waals surface area contributed by atoms with Gasteiger partial charge >= 0.3 is 6.09 Å². The van der Waals surface area contributed by atoms with Crippen molar-refractivity contribution in [2.45, 2.75) is 45.3 Å². The highest BCUT2D eigenvalue weighted by molar-refractivity contribution is 5.68. The molecule has 27 heavy (non-hydrogen) atoms. The first-order chi connectivity index (χ1) is 12.8. The van der Waals surface area contributed by atoms with E-state index >= 15 is 0 Å². The number of likely N-dealkylation sites (tertiary alicyclic amines) is 1. The van der Waals surface area contributed by atoms with E-state index in [1.165, 1.54) is 12.1 Å². The number of benzene rings is 1. The third-order valence-corrected chi connectivity index (χ3v) is 5.17. The minimum absolute atomic E-state index is 0.00111. The molecule has 3 rings (SSSR count). The second-order valence-electron chi connectivity index (χ2n) is 8.58. The predicted octanol–water partition coefficient (Wildman–Crippen LogP) is 3.85. The second-order valence-corrected chi connectivity index (χ2v) is 8.58. The van der Waals surface area contributed by atoms with Crippen molar-refractivity contribution in [2.24, 2.45) is 5.92 Å². The van der Waals surface area contributed by atoms with E-state index in [9.17, 15) is 9.18 Å². The van der Waals surface area contributed by atoms with Gasteiger partial charge in [-0.2, -0.15) is 0 Å². The Kier molecular flexibility index (Phi) is 6.37. The molecule has 0 radical (unpaired) electrons. The van der Waals surface area contributed by atoms with Gasteiger partial charge in [-0.3, -0.25) is 4.90 Å². The van der Waals surface area contributed by atoms with E-state index < -0.39 is 5.60 Å². The zero-order chi connectivity index (χ0) is 19.4. The molecule has 0 bridgehead atoms. The molecule has 2 heterocycles. The van der Waals surface area contributed by atoms with Gasteiger partial charge in [0.2, 0.25) is 0 Å². The normalized spacial score (nSPS) is 22.7. The molecule has 6 heteroatoms. The van der Waals surface area contributed by atoms with Gasteiger partial charge in [0.1, 0.15) is 11.4 Å². The number of ether oxygens (including phenoxy) is 2. The molecule has 2 aliphatic rings.